The monoisotopic (exact) mass is 713 g/mol. The summed E-state index contributed by atoms with van der Waals surface area (Å²) in [5.74, 6) is -1.48. The van der Waals surface area contributed by atoms with Gasteiger partial charge in [0.1, 0.15) is 6.61 Å². The number of ether oxygens (including phenoxy) is 3. The average Bonchev–Trinajstić information content (AvgIpc) is 3.06. The molecule has 0 heterocycles. The van der Waals surface area contributed by atoms with Crippen LogP contribution in [0.5, 0.6) is 0 Å². The van der Waals surface area contributed by atoms with Crippen molar-refractivity contribution >= 4 is 17.9 Å². The predicted octanol–water partition coefficient (Wildman–Crippen LogP) is 11.0. The second-order valence-corrected chi connectivity index (χ2v) is 15.6. The second-order valence-electron chi connectivity index (χ2n) is 15.6. The fraction of sp³-hybridized carbons (Fsp3) is 0.929. The van der Waals surface area contributed by atoms with Gasteiger partial charge in [0.05, 0.1) is 34.4 Å². The normalized spacial score (nSPS) is 12.9. The Kier molecular flexibility index (Phi) is 33.3. The minimum absolute atomic E-state index is 0.0478. The highest BCUT2D eigenvalue weighted by atomic mass is 16.6. The molecule has 0 aromatic heterocycles. The maximum Gasteiger partial charge on any atom is 0.362 e. The van der Waals surface area contributed by atoms with Crippen molar-refractivity contribution < 1.29 is 38.2 Å². The molecule has 0 amide bonds. The molecule has 50 heavy (non-hydrogen) atoms. The first-order chi connectivity index (χ1) is 24.1. The minimum Gasteiger partial charge on any atom is -0.477 e. The molecule has 0 bridgehead atoms. The molecule has 0 aromatic rings. The number of carbonyl (C=O) groups is 3. The highest BCUT2D eigenvalue weighted by Gasteiger charge is 2.31. The van der Waals surface area contributed by atoms with Crippen molar-refractivity contribution in [2.24, 2.45) is 0 Å². The van der Waals surface area contributed by atoms with Crippen LogP contribution in [0.4, 0.5) is 0 Å². The van der Waals surface area contributed by atoms with E-state index in [-0.39, 0.29) is 36.2 Å². The van der Waals surface area contributed by atoms with E-state index in [1.165, 1.54) is 128 Å². The van der Waals surface area contributed by atoms with Crippen molar-refractivity contribution in [2.75, 3.05) is 41.0 Å². The van der Waals surface area contributed by atoms with Gasteiger partial charge >= 0.3 is 17.9 Å². The summed E-state index contributed by atoms with van der Waals surface area (Å²) < 4.78 is 17.0. The lowest BCUT2D eigenvalue weighted by Gasteiger charge is -2.31. The largest absolute Gasteiger partial charge is 0.477 e. The van der Waals surface area contributed by atoms with Gasteiger partial charge in [0, 0.05) is 19.3 Å². The highest BCUT2D eigenvalue weighted by molar-refractivity contribution is 5.72. The number of rotatable bonds is 38. The second kappa shape index (κ2) is 34.4. The van der Waals surface area contributed by atoms with Gasteiger partial charge < -0.3 is 23.8 Å². The maximum atomic E-state index is 12.6. The molecule has 8 nitrogen and oxygen atoms in total. The fourth-order valence-corrected chi connectivity index (χ4v) is 6.45. The van der Waals surface area contributed by atoms with Crippen LogP contribution in [0.15, 0.2) is 0 Å². The number of esters is 2. The number of carboxylic acid groups (broad SMARTS) is 1. The molecule has 296 valence electrons. The number of hydrogen-bond acceptors (Lipinski definition) is 6. The molecule has 8 heteroatoms. The maximum absolute atomic E-state index is 12.6. The van der Waals surface area contributed by atoms with E-state index in [0.29, 0.717) is 19.3 Å². The molecule has 0 aliphatic heterocycles. The molecule has 0 rings (SSSR count). The van der Waals surface area contributed by atoms with Crippen LogP contribution >= 0.6 is 0 Å². The quantitative estimate of drug-likeness (QED) is 0.0386. The Morgan fingerprint density at radius 3 is 1.28 bits per heavy atom. The van der Waals surface area contributed by atoms with E-state index < -0.39 is 18.1 Å². The number of quaternary nitrogens is 1. The van der Waals surface area contributed by atoms with Crippen molar-refractivity contribution in [3.05, 3.63) is 0 Å². The molecule has 0 aliphatic carbocycles. The van der Waals surface area contributed by atoms with Gasteiger partial charge in [-0.1, -0.05) is 168 Å². The predicted molar refractivity (Wildman–Crippen MR) is 206 cm³/mol. The standard InChI is InChI=1S/C42H81NO7/c1-6-8-10-11-12-13-14-15-16-17-18-19-20-21-22-23-24-25-26-27-28-29-31-33-41(45)50-38(37-49-40(44)32-30-9-7-2)36-48-35-34-39(42(46)47)43(3,4)5/h38-39H,6-37H2,1-5H3/p+1. The molecule has 0 fully saturated rings. The lowest BCUT2D eigenvalue weighted by Crippen LogP contribution is -2.50. The zero-order valence-electron chi connectivity index (χ0n) is 33.6. The smallest absolute Gasteiger partial charge is 0.362 e. The summed E-state index contributed by atoms with van der Waals surface area (Å²) in [5.41, 5.74) is 0. The van der Waals surface area contributed by atoms with Crippen LogP contribution in [0.3, 0.4) is 0 Å². The summed E-state index contributed by atoms with van der Waals surface area (Å²) in [6.45, 7) is 4.59. The first-order valence-corrected chi connectivity index (χ1v) is 21.1. The topological polar surface area (TPSA) is 99.1 Å². The van der Waals surface area contributed by atoms with Gasteiger partial charge in [-0.3, -0.25) is 9.59 Å². The third kappa shape index (κ3) is 32.3. The Bertz CT molecular complexity index is 797. The number of unbranched alkanes of at least 4 members (excludes halogenated alkanes) is 24. The van der Waals surface area contributed by atoms with Crippen molar-refractivity contribution in [3.8, 4) is 0 Å². The highest BCUT2D eigenvalue weighted by Crippen LogP contribution is 2.16. The fourth-order valence-electron chi connectivity index (χ4n) is 6.45. The van der Waals surface area contributed by atoms with Crippen molar-refractivity contribution in [1.82, 2.24) is 0 Å². The van der Waals surface area contributed by atoms with Gasteiger partial charge in [-0.05, 0) is 12.8 Å². The minimum atomic E-state index is -0.875. The molecule has 0 aromatic carbocycles. The summed E-state index contributed by atoms with van der Waals surface area (Å²) in [7, 11) is 5.51. The number of nitrogens with zero attached hydrogens (tertiary/aromatic N) is 1. The molecule has 0 spiro atoms. The molecule has 2 unspecified atom stereocenters. The first kappa shape index (κ1) is 48.3. The van der Waals surface area contributed by atoms with Gasteiger partial charge in [-0.15, -0.1) is 0 Å². The van der Waals surface area contributed by atoms with E-state index in [2.05, 4.69) is 13.8 Å². The molecule has 0 radical (unpaired) electrons. The lowest BCUT2D eigenvalue weighted by molar-refractivity contribution is -0.887. The number of hydrogen-bond donors (Lipinski definition) is 1. The molecular weight excluding hydrogens is 630 g/mol. The number of carboxylic acids is 1. The average molecular weight is 713 g/mol. The lowest BCUT2D eigenvalue weighted by atomic mass is 10.0. The Hall–Kier alpha value is -1.67. The summed E-state index contributed by atoms with van der Waals surface area (Å²) in [6, 6.07) is -0.605. The summed E-state index contributed by atoms with van der Waals surface area (Å²) in [6.07, 6.45) is 33.7. The van der Waals surface area contributed by atoms with E-state index in [1.807, 2.05) is 21.1 Å². The van der Waals surface area contributed by atoms with Crippen LogP contribution in [0.25, 0.3) is 0 Å². The van der Waals surface area contributed by atoms with Crippen LogP contribution in [-0.4, -0.2) is 80.6 Å². The van der Waals surface area contributed by atoms with Gasteiger partial charge in [-0.2, -0.15) is 0 Å². The third-order valence-corrected chi connectivity index (χ3v) is 9.76. The van der Waals surface area contributed by atoms with E-state index in [4.69, 9.17) is 14.2 Å². The van der Waals surface area contributed by atoms with Crippen LogP contribution in [-0.2, 0) is 28.6 Å². The van der Waals surface area contributed by atoms with Gasteiger partial charge in [0.2, 0.25) is 0 Å². The van der Waals surface area contributed by atoms with E-state index >= 15 is 0 Å². The molecule has 1 N–H and O–H groups in total. The van der Waals surface area contributed by atoms with Crippen molar-refractivity contribution in [2.45, 2.75) is 212 Å². The zero-order valence-corrected chi connectivity index (χ0v) is 33.6. The zero-order chi connectivity index (χ0) is 37.1. The molecular formula is C42H82NO7+. The summed E-state index contributed by atoms with van der Waals surface area (Å²) >= 11 is 0. The summed E-state index contributed by atoms with van der Waals surface area (Å²) in [4.78, 5) is 36.3. The van der Waals surface area contributed by atoms with Gasteiger partial charge in [0.15, 0.2) is 12.1 Å². The van der Waals surface area contributed by atoms with Gasteiger partial charge in [0.25, 0.3) is 0 Å². The number of likely N-dealkylation sites (N-methyl/N-ethyl adjacent to an activating group) is 1. The molecule has 0 aliphatic rings. The Balaban J connectivity index is 3.93. The van der Waals surface area contributed by atoms with Crippen LogP contribution in [0.1, 0.15) is 200 Å². The van der Waals surface area contributed by atoms with E-state index in [0.717, 1.165) is 38.5 Å². The Labute approximate surface area is 308 Å². The Morgan fingerprint density at radius 2 is 0.880 bits per heavy atom. The first-order valence-electron chi connectivity index (χ1n) is 21.1. The van der Waals surface area contributed by atoms with Crippen LogP contribution in [0.2, 0.25) is 0 Å². The molecule has 0 saturated heterocycles. The van der Waals surface area contributed by atoms with E-state index in [9.17, 15) is 19.5 Å². The van der Waals surface area contributed by atoms with Crippen LogP contribution in [0, 0.1) is 0 Å². The SMILES string of the molecule is CCCCCCCCCCCCCCCCCCCCCCCCCC(=O)OC(COCCC(C(=O)O)[N+](C)(C)C)COC(=O)CCCCC. The van der Waals surface area contributed by atoms with E-state index in [1.54, 1.807) is 0 Å². The molecule has 2 atom stereocenters. The van der Waals surface area contributed by atoms with Gasteiger partial charge in [-0.25, -0.2) is 4.79 Å². The third-order valence-electron chi connectivity index (χ3n) is 9.76. The van der Waals surface area contributed by atoms with Crippen molar-refractivity contribution in [3.63, 3.8) is 0 Å². The van der Waals surface area contributed by atoms with Crippen molar-refractivity contribution in [1.29, 1.82) is 0 Å². The number of aliphatic carboxylic acids is 1. The Morgan fingerprint density at radius 1 is 0.520 bits per heavy atom. The number of carbonyl (C=O) groups excluding carboxylic acids is 2. The van der Waals surface area contributed by atoms with Crippen LogP contribution < -0.4 is 0 Å². The molecule has 0 saturated carbocycles. The summed E-state index contributed by atoms with van der Waals surface area (Å²) in [5, 5.41) is 9.54.